The summed E-state index contributed by atoms with van der Waals surface area (Å²) in [6, 6.07) is 13.6. The molecule has 0 atom stereocenters. The summed E-state index contributed by atoms with van der Waals surface area (Å²) in [4.78, 5) is 14.2. The highest BCUT2D eigenvalue weighted by atomic mass is 19.1. The van der Waals surface area contributed by atoms with Crippen LogP contribution in [0.2, 0.25) is 0 Å². The van der Waals surface area contributed by atoms with Crippen LogP contribution in [0.1, 0.15) is 34.3 Å². The van der Waals surface area contributed by atoms with E-state index in [1.165, 1.54) is 12.1 Å². The normalized spacial score (nSPS) is 14.1. The molecule has 0 aromatic heterocycles. The number of carbonyl (C=O) groups excluding carboxylic acids is 1. The van der Waals surface area contributed by atoms with E-state index in [-0.39, 0.29) is 11.6 Å². The number of allylic oxidation sites excluding steroid dienone is 1. The molecule has 3 nitrogen and oxygen atoms in total. The molecule has 0 N–H and O–H groups in total. The summed E-state index contributed by atoms with van der Waals surface area (Å²) in [5.41, 5.74) is 2.29. The molecule has 120 valence electrons. The van der Waals surface area contributed by atoms with Crippen molar-refractivity contribution >= 4 is 17.5 Å². The van der Waals surface area contributed by atoms with Crippen LogP contribution in [0.5, 0.6) is 0 Å². The summed E-state index contributed by atoms with van der Waals surface area (Å²) in [7, 11) is 0. The molecule has 3 rings (SSSR count). The van der Waals surface area contributed by atoms with Crippen molar-refractivity contribution in [3.05, 3.63) is 71.0 Å². The van der Waals surface area contributed by atoms with Crippen molar-refractivity contribution in [3.63, 3.8) is 0 Å². The van der Waals surface area contributed by atoms with Gasteiger partial charge >= 0.3 is 0 Å². The summed E-state index contributed by atoms with van der Waals surface area (Å²) < 4.78 is 14.3. The van der Waals surface area contributed by atoms with Gasteiger partial charge in [-0.25, -0.2) is 4.39 Å². The lowest BCUT2D eigenvalue weighted by Crippen LogP contribution is -2.19. The van der Waals surface area contributed by atoms with E-state index in [0.717, 1.165) is 31.5 Å². The number of halogens is 1. The molecule has 1 aliphatic heterocycles. The zero-order chi connectivity index (χ0) is 16.9. The van der Waals surface area contributed by atoms with Crippen molar-refractivity contribution in [3.8, 4) is 6.07 Å². The van der Waals surface area contributed by atoms with Gasteiger partial charge in [-0.05, 0) is 54.8 Å². The zero-order valence-corrected chi connectivity index (χ0v) is 13.2. The number of nitrogens with zero attached hydrogens (tertiary/aromatic N) is 2. The molecule has 1 heterocycles. The first-order valence-electron chi connectivity index (χ1n) is 7.94. The van der Waals surface area contributed by atoms with Crippen molar-refractivity contribution in [2.75, 3.05) is 18.0 Å². The highest BCUT2D eigenvalue weighted by molar-refractivity contribution is 6.07. The molecule has 0 aliphatic carbocycles. The summed E-state index contributed by atoms with van der Waals surface area (Å²) >= 11 is 0. The molecule has 1 aliphatic rings. The fourth-order valence-electron chi connectivity index (χ4n) is 2.81. The van der Waals surface area contributed by atoms with E-state index in [1.807, 2.05) is 11.0 Å². The lowest BCUT2D eigenvalue weighted by atomic mass is 10.1. The fourth-order valence-corrected chi connectivity index (χ4v) is 2.81. The number of hydrogen-bond donors (Lipinski definition) is 0. The Morgan fingerprint density at radius 1 is 1.12 bits per heavy atom. The third-order valence-electron chi connectivity index (χ3n) is 4.15. The Morgan fingerprint density at radius 3 is 2.46 bits per heavy atom. The quantitative estimate of drug-likeness (QED) is 0.626. The third kappa shape index (κ3) is 3.52. The Hall–Kier alpha value is -2.93. The third-order valence-corrected chi connectivity index (χ3v) is 4.15. The molecule has 0 radical (unpaired) electrons. The molecule has 0 spiro atoms. The molecular weight excluding hydrogens is 303 g/mol. The molecule has 0 saturated carbocycles. The van der Waals surface area contributed by atoms with E-state index in [9.17, 15) is 9.18 Å². The van der Waals surface area contributed by atoms with E-state index >= 15 is 0 Å². The second kappa shape index (κ2) is 7.10. The van der Waals surface area contributed by atoms with Gasteiger partial charge in [0.15, 0.2) is 5.78 Å². The minimum absolute atomic E-state index is 0.244. The lowest BCUT2D eigenvalue weighted by molar-refractivity contribution is 0.104. The van der Waals surface area contributed by atoms with Gasteiger partial charge in [-0.2, -0.15) is 5.26 Å². The van der Waals surface area contributed by atoms with Crippen molar-refractivity contribution < 1.29 is 9.18 Å². The minimum atomic E-state index is -0.352. The second-order valence-electron chi connectivity index (χ2n) is 5.79. The van der Waals surface area contributed by atoms with E-state index < -0.39 is 0 Å². The first-order valence-corrected chi connectivity index (χ1v) is 7.94. The molecule has 4 heteroatoms. The van der Waals surface area contributed by atoms with Crippen LogP contribution in [0.3, 0.4) is 0 Å². The van der Waals surface area contributed by atoms with E-state index in [1.54, 1.807) is 42.5 Å². The molecule has 1 saturated heterocycles. The van der Waals surface area contributed by atoms with Crippen LogP contribution in [0.15, 0.2) is 48.5 Å². The van der Waals surface area contributed by atoms with Gasteiger partial charge < -0.3 is 4.90 Å². The van der Waals surface area contributed by atoms with Gasteiger partial charge in [0.1, 0.15) is 5.82 Å². The minimum Gasteiger partial charge on any atom is -0.369 e. The van der Waals surface area contributed by atoms with E-state index in [4.69, 9.17) is 5.26 Å². The van der Waals surface area contributed by atoms with Gasteiger partial charge in [-0.15, -0.1) is 0 Å². The van der Waals surface area contributed by atoms with Crippen LogP contribution in [0.4, 0.5) is 10.1 Å². The average Bonchev–Trinajstić information content (AvgIpc) is 3.14. The number of carbonyl (C=O) groups is 1. The number of ketones is 1. The highest BCUT2D eigenvalue weighted by Crippen LogP contribution is 2.24. The predicted molar refractivity (Wildman–Crippen MR) is 92.4 cm³/mol. The van der Waals surface area contributed by atoms with Gasteiger partial charge in [0.05, 0.1) is 17.3 Å². The molecule has 2 aromatic rings. The molecule has 0 amide bonds. The molecule has 24 heavy (non-hydrogen) atoms. The Bertz CT molecular complexity index is 813. The molecule has 2 aromatic carbocycles. The van der Waals surface area contributed by atoms with Crippen molar-refractivity contribution in [2.24, 2.45) is 0 Å². The van der Waals surface area contributed by atoms with Crippen molar-refractivity contribution in [1.82, 2.24) is 0 Å². The number of rotatable bonds is 4. The van der Waals surface area contributed by atoms with Crippen molar-refractivity contribution in [2.45, 2.75) is 12.8 Å². The standard InChI is InChI=1S/C20H17FN2O/c21-18-13-17(8-9-19(18)23-11-1-2-12-23)20(24)10-7-15-3-5-16(14-22)6-4-15/h3-10,13H,1-2,11-12H2/b10-7+. The highest BCUT2D eigenvalue weighted by Gasteiger charge is 2.17. The largest absolute Gasteiger partial charge is 0.369 e. The summed E-state index contributed by atoms with van der Waals surface area (Å²) in [6.07, 6.45) is 5.24. The van der Waals surface area contributed by atoms with Crippen LogP contribution in [0, 0.1) is 17.1 Å². The summed E-state index contributed by atoms with van der Waals surface area (Å²) in [5, 5.41) is 8.76. The number of nitriles is 1. The smallest absolute Gasteiger partial charge is 0.185 e. The van der Waals surface area contributed by atoms with Crippen LogP contribution >= 0.6 is 0 Å². The van der Waals surface area contributed by atoms with Gasteiger partial charge in [-0.1, -0.05) is 18.2 Å². The second-order valence-corrected chi connectivity index (χ2v) is 5.79. The zero-order valence-electron chi connectivity index (χ0n) is 13.2. The van der Waals surface area contributed by atoms with Crippen LogP contribution in [-0.2, 0) is 0 Å². The Labute approximate surface area is 140 Å². The maximum atomic E-state index is 14.3. The molecule has 0 bridgehead atoms. The average molecular weight is 320 g/mol. The SMILES string of the molecule is N#Cc1ccc(/C=C/C(=O)c2ccc(N3CCCC3)c(F)c2)cc1. The Kier molecular flexibility index (Phi) is 4.72. The number of anilines is 1. The summed E-state index contributed by atoms with van der Waals surface area (Å²) in [6.45, 7) is 1.73. The van der Waals surface area contributed by atoms with Gasteiger partial charge in [-0.3, -0.25) is 4.79 Å². The maximum absolute atomic E-state index is 14.3. The van der Waals surface area contributed by atoms with E-state index in [0.29, 0.717) is 16.8 Å². The maximum Gasteiger partial charge on any atom is 0.185 e. The van der Waals surface area contributed by atoms with Crippen molar-refractivity contribution in [1.29, 1.82) is 5.26 Å². The molecule has 1 fully saturated rings. The number of benzene rings is 2. The molecule has 0 unspecified atom stereocenters. The Morgan fingerprint density at radius 2 is 1.83 bits per heavy atom. The first kappa shape index (κ1) is 15.9. The first-order chi connectivity index (χ1) is 11.7. The fraction of sp³-hybridized carbons (Fsp3) is 0.200. The van der Waals surface area contributed by atoms with E-state index in [2.05, 4.69) is 0 Å². The monoisotopic (exact) mass is 320 g/mol. The van der Waals surface area contributed by atoms with Gasteiger partial charge in [0, 0.05) is 18.7 Å². The van der Waals surface area contributed by atoms with Crippen LogP contribution in [0.25, 0.3) is 6.08 Å². The molecular formula is C20H17FN2O. The topological polar surface area (TPSA) is 44.1 Å². The van der Waals surface area contributed by atoms with Gasteiger partial charge in [0.2, 0.25) is 0 Å². The Balaban J connectivity index is 1.73. The van der Waals surface area contributed by atoms with Crippen LogP contribution < -0.4 is 4.90 Å². The van der Waals surface area contributed by atoms with Crippen LogP contribution in [-0.4, -0.2) is 18.9 Å². The number of hydrogen-bond acceptors (Lipinski definition) is 3. The lowest BCUT2D eigenvalue weighted by Gasteiger charge is -2.18. The summed E-state index contributed by atoms with van der Waals surface area (Å²) in [5.74, 6) is -0.597. The van der Waals surface area contributed by atoms with Gasteiger partial charge in [0.25, 0.3) is 0 Å². The predicted octanol–water partition coefficient (Wildman–Crippen LogP) is 4.19.